The second-order valence-electron chi connectivity index (χ2n) is 4.90. The zero-order chi connectivity index (χ0) is 14.7. The van der Waals surface area contributed by atoms with E-state index in [4.69, 9.17) is 5.73 Å². The van der Waals surface area contributed by atoms with Crippen molar-refractivity contribution in [3.05, 3.63) is 51.7 Å². The minimum Gasteiger partial charge on any atom is -0.378 e. The van der Waals surface area contributed by atoms with E-state index in [-0.39, 0.29) is 11.5 Å². The zero-order valence-electron chi connectivity index (χ0n) is 11.6. The van der Waals surface area contributed by atoms with Crippen LogP contribution < -0.4 is 5.73 Å². The Bertz CT molecular complexity index is 607. The molecule has 1 unspecified atom stereocenters. The molecular weight excluding hydrogens is 256 g/mol. The van der Waals surface area contributed by atoms with Crippen LogP contribution in [0.3, 0.4) is 0 Å². The number of nitrogen functional groups attached to an aromatic ring is 1. The number of nitrogens with zero attached hydrogens (tertiary/aromatic N) is 3. The second-order valence-corrected chi connectivity index (χ2v) is 4.90. The first-order valence-electron chi connectivity index (χ1n) is 6.53. The maximum Gasteiger partial charge on any atom is 0.333 e. The molecule has 1 heterocycles. The first-order valence-corrected chi connectivity index (χ1v) is 6.53. The molecule has 6 nitrogen and oxygen atoms in total. The molecule has 2 rings (SSSR count). The molecule has 0 spiro atoms. The molecule has 0 aliphatic carbocycles. The highest BCUT2D eigenvalue weighted by molar-refractivity contribution is 5.55. The van der Waals surface area contributed by atoms with Gasteiger partial charge in [0.25, 0.3) is 0 Å². The van der Waals surface area contributed by atoms with Crippen LogP contribution in [0.5, 0.6) is 0 Å². The summed E-state index contributed by atoms with van der Waals surface area (Å²) in [4.78, 5) is 10.4. The van der Waals surface area contributed by atoms with Gasteiger partial charge in [-0.3, -0.25) is 10.1 Å². The van der Waals surface area contributed by atoms with Crippen LogP contribution in [-0.2, 0) is 6.54 Å². The number of nitro groups is 1. The van der Waals surface area contributed by atoms with Crippen LogP contribution in [0.4, 0.5) is 11.5 Å². The van der Waals surface area contributed by atoms with E-state index in [1.165, 1.54) is 10.2 Å². The van der Waals surface area contributed by atoms with Crippen molar-refractivity contribution in [2.75, 3.05) is 5.73 Å². The summed E-state index contributed by atoms with van der Waals surface area (Å²) >= 11 is 0. The Labute approximate surface area is 117 Å². The van der Waals surface area contributed by atoms with Crippen LogP contribution in [0.2, 0.25) is 0 Å². The molecule has 106 valence electrons. The summed E-state index contributed by atoms with van der Waals surface area (Å²) in [6, 6.07) is 10.1. The molecule has 0 fully saturated rings. The van der Waals surface area contributed by atoms with Crippen molar-refractivity contribution in [3.8, 4) is 0 Å². The van der Waals surface area contributed by atoms with Gasteiger partial charge in [-0.15, -0.1) is 0 Å². The van der Waals surface area contributed by atoms with Crippen LogP contribution in [0.25, 0.3) is 0 Å². The summed E-state index contributed by atoms with van der Waals surface area (Å²) < 4.78 is 1.52. The number of hydrogen-bond donors (Lipinski definition) is 1. The molecule has 0 saturated carbocycles. The Morgan fingerprint density at radius 3 is 2.60 bits per heavy atom. The van der Waals surface area contributed by atoms with E-state index in [0.717, 1.165) is 6.42 Å². The molecule has 0 radical (unpaired) electrons. The van der Waals surface area contributed by atoms with E-state index in [1.54, 1.807) is 6.92 Å². The summed E-state index contributed by atoms with van der Waals surface area (Å²) in [5, 5.41) is 15.0. The summed E-state index contributed by atoms with van der Waals surface area (Å²) in [6.07, 6.45) is 0.826. The van der Waals surface area contributed by atoms with Gasteiger partial charge in [0, 0.05) is 6.54 Å². The highest BCUT2D eigenvalue weighted by Gasteiger charge is 2.22. The Morgan fingerprint density at radius 1 is 1.40 bits per heavy atom. The van der Waals surface area contributed by atoms with E-state index in [1.807, 2.05) is 18.2 Å². The average Bonchev–Trinajstić information content (AvgIpc) is 2.71. The van der Waals surface area contributed by atoms with Crippen LogP contribution in [0.15, 0.2) is 30.3 Å². The number of anilines is 1. The van der Waals surface area contributed by atoms with Gasteiger partial charge >= 0.3 is 5.69 Å². The Kier molecular flexibility index (Phi) is 4.02. The third kappa shape index (κ3) is 2.79. The lowest BCUT2D eigenvalue weighted by Gasteiger charge is -2.12. The van der Waals surface area contributed by atoms with Gasteiger partial charge in [-0.2, -0.15) is 5.10 Å². The Balaban J connectivity index is 2.08. The van der Waals surface area contributed by atoms with E-state index in [2.05, 4.69) is 24.2 Å². The van der Waals surface area contributed by atoms with Gasteiger partial charge in [0.15, 0.2) is 0 Å². The van der Waals surface area contributed by atoms with Crippen LogP contribution in [0.1, 0.15) is 30.5 Å². The normalized spacial score (nSPS) is 12.3. The molecule has 0 amide bonds. The Morgan fingerprint density at radius 2 is 2.05 bits per heavy atom. The predicted molar refractivity (Wildman–Crippen MR) is 77.5 cm³/mol. The van der Waals surface area contributed by atoms with Crippen LogP contribution in [-0.4, -0.2) is 14.7 Å². The average molecular weight is 274 g/mol. The number of aromatic nitrogens is 2. The molecule has 2 N–H and O–H groups in total. The summed E-state index contributed by atoms with van der Waals surface area (Å²) in [6.45, 7) is 4.29. The van der Waals surface area contributed by atoms with Crippen molar-refractivity contribution < 1.29 is 4.92 Å². The summed E-state index contributed by atoms with van der Waals surface area (Å²) in [5.74, 6) is 0.479. The smallest absolute Gasteiger partial charge is 0.333 e. The number of hydrogen-bond acceptors (Lipinski definition) is 4. The van der Waals surface area contributed by atoms with Gasteiger partial charge < -0.3 is 5.73 Å². The molecule has 1 aromatic heterocycles. The predicted octanol–water partition coefficient (Wildman–Crippen LogP) is 2.88. The van der Waals surface area contributed by atoms with Crippen molar-refractivity contribution in [1.82, 2.24) is 9.78 Å². The number of aryl methyl sites for hydroxylation is 2. The summed E-state index contributed by atoms with van der Waals surface area (Å²) in [7, 11) is 0. The quantitative estimate of drug-likeness (QED) is 0.670. The molecule has 0 saturated heterocycles. The van der Waals surface area contributed by atoms with E-state index in [9.17, 15) is 10.1 Å². The number of benzene rings is 1. The Hall–Kier alpha value is -2.37. The van der Waals surface area contributed by atoms with Crippen molar-refractivity contribution in [2.24, 2.45) is 0 Å². The minimum absolute atomic E-state index is 0.0858. The van der Waals surface area contributed by atoms with Crippen molar-refractivity contribution in [1.29, 1.82) is 0 Å². The minimum atomic E-state index is -0.477. The van der Waals surface area contributed by atoms with E-state index in [0.29, 0.717) is 18.2 Å². The van der Waals surface area contributed by atoms with Crippen molar-refractivity contribution >= 4 is 11.5 Å². The van der Waals surface area contributed by atoms with Crippen LogP contribution in [0, 0.1) is 17.0 Å². The number of nitrogens with two attached hydrogens (primary N) is 1. The fourth-order valence-corrected chi connectivity index (χ4v) is 2.25. The largest absolute Gasteiger partial charge is 0.378 e. The van der Waals surface area contributed by atoms with Gasteiger partial charge in [-0.25, -0.2) is 4.68 Å². The molecule has 1 aromatic carbocycles. The second kappa shape index (κ2) is 5.73. The van der Waals surface area contributed by atoms with Gasteiger partial charge in [-0.05, 0) is 24.8 Å². The monoisotopic (exact) mass is 274 g/mol. The van der Waals surface area contributed by atoms with E-state index >= 15 is 0 Å². The van der Waals surface area contributed by atoms with Crippen molar-refractivity contribution in [2.45, 2.75) is 32.7 Å². The number of rotatable bonds is 5. The summed E-state index contributed by atoms with van der Waals surface area (Å²) in [5.41, 5.74) is 7.30. The standard InChI is InChI=1S/C14H18N4O2/c1-10(12-6-4-3-5-7-12)8-9-17-14(15)13(18(19)20)11(2)16-17/h3-7,10H,8-9,15H2,1-2H3. The topological polar surface area (TPSA) is 87.0 Å². The maximum atomic E-state index is 10.9. The zero-order valence-corrected chi connectivity index (χ0v) is 11.6. The third-order valence-corrected chi connectivity index (χ3v) is 3.46. The molecule has 20 heavy (non-hydrogen) atoms. The fourth-order valence-electron chi connectivity index (χ4n) is 2.25. The first-order chi connectivity index (χ1) is 9.50. The van der Waals surface area contributed by atoms with Crippen LogP contribution >= 0.6 is 0 Å². The SMILES string of the molecule is Cc1nn(CCC(C)c2ccccc2)c(N)c1[N+](=O)[O-]. The van der Waals surface area contributed by atoms with Gasteiger partial charge in [0.1, 0.15) is 5.69 Å². The fraction of sp³-hybridized carbons (Fsp3) is 0.357. The van der Waals surface area contributed by atoms with Gasteiger partial charge in [-0.1, -0.05) is 37.3 Å². The highest BCUT2D eigenvalue weighted by atomic mass is 16.6. The molecule has 2 aromatic rings. The molecule has 0 bridgehead atoms. The van der Waals surface area contributed by atoms with Gasteiger partial charge in [0.2, 0.25) is 5.82 Å². The lowest BCUT2D eigenvalue weighted by atomic mass is 9.98. The molecule has 6 heteroatoms. The maximum absolute atomic E-state index is 10.9. The highest BCUT2D eigenvalue weighted by Crippen LogP contribution is 2.26. The molecule has 0 aliphatic heterocycles. The lowest BCUT2D eigenvalue weighted by Crippen LogP contribution is -2.08. The van der Waals surface area contributed by atoms with E-state index < -0.39 is 4.92 Å². The lowest BCUT2D eigenvalue weighted by molar-refractivity contribution is -0.384. The van der Waals surface area contributed by atoms with Crippen molar-refractivity contribution in [3.63, 3.8) is 0 Å². The third-order valence-electron chi connectivity index (χ3n) is 3.46. The molecule has 1 atom stereocenters. The first kappa shape index (κ1) is 14.0. The molecule has 0 aliphatic rings. The van der Waals surface area contributed by atoms with Gasteiger partial charge in [0.05, 0.1) is 4.92 Å². The molecular formula is C14H18N4O2.